The van der Waals surface area contributed by atoms with Crippen LogP contribution in [-0.4, -0.2) is 30.3 Å². The molecule has 15 heavy (non-hydrogen) atoms. The van der Waals surface area contributed by atoms with Crippen molar-refractivity contribution < 1.29 is 9.53 Å². The molecule has 1 aliphatic heterocycles. The number of rotatable bonds is 2. The molecule has 0 aliphatic carbocycles. The minimum Gasteiger partial charge on any atom is -0.444 e. The molecular formula is C11H22N2O2. The fourth-order valence-electron chi connectivity index (χ4n) is 1.69. The summed E-state index contributed by atoms with van der Waals surface area (Å²) in [5.74, 6) is 0. The average Bonchev–Trinajstić information content (AvgIpc) is 2.47. The van der Waals surface area contributed by atoms with Crippen molar-refractivity contribution in [3.8, 4) is 0 Å². The van der Waals surface area contributed by atoms with E-state index in [0.29, 0.717) is 6.54 Å². The quantitative estimate of drug-likeness (QED) is 0.735. The Bertz CT molecular complexity index is 227. The standard InChI is InChI=1S/C11H22N2O2/c1-10(2,3)15-9(14)12-8-11(4)6-5-7-13-11/h13H,5-8H2,1-4H3,(H,12,14)/t11-/m0/s1. The molecule has 1 heterocycles. The van der Waals surface area contributed by atoms with Crippen molar-refractivity contribution in [1.82, 2.24) is 10.6 Å². The molecule has 1 rings (SSSR count). The first-order valence-electron chi connectivity index (χ1n) is 5.53. The molecule has 0 aromatic rings. The summed E-state index contributed by atoms with van der Waals surface area (Å²) < 4.78 is 5.16. The van der Waals surface area contributed by atoms with Crippen molar-refractivity contribution in [1.29, 1.82) is 0 Å². The van der Waals surface area contributed by atoms with E-state index in [2.05, 4.69) is 17.6 Å². The summed E-state index contributed by atoms with van der Waals surface area (Å²) in [6.45, 7) is 9.37. The van der Waals surface area contributed by atoms with Gasteiger partial charge >= 0.3 is 6.09 Å². The first-order valence-corrected chi connectivity index (χ1v) is 5.53. The first-order chi connectivity index (χ1) is 6.81. The van der Waals surface area contributed by atoms with Gasteiger partial charge in [0.1, 0.15) is 5.60 Å². The number of amides is 1. The average molecular weight is 214 g/mol. The van der Waals surface area contributed by atoms with Crippen molar-refractivity contribution in [2.75, 3.05) is 13.1 Å². The molecule has 0 bridgehead atoms. The molecule has 1 atom stereocenters. The second kappa shape index (κ2) is 4.39. The highest BCUT2D eigenvalue weighted by Crippen LogP contribution is 2.17. The fourth-order valence-corrected chi connectivity index (χ4v) is 1.69. The van der Waals surface area contributed by atoms with Crippen LogP contribution in [0.4, 0.5) is 4.79 Å². The summed E-state index contributed by atoms with van der Waals surface area (Å²) >= 11 is 0. The topological polar surface area (TPSA) is 50.4 Å². The number of carbonyl (C=O) groups is 1. The van der Waals surface area contributed by atoms with Crippen LogP contribution in [0.1, 0.15) is 40.5 Å². The van der Waals surface area contributed by atoms with E-state index in [1.807, 2.05) is 20.8 Å². The van der Waals surface area contributed by atoms with Crippen LogP contribution in [0.2, 0.25) is 0 Å². The van der Waals surface area contributed by atoms with Gasteiger partial charge in [-0.1, -0.05) is 0 Å². The van der Waals surface area contributed by atoms with Gasteiger partial charge in [0.2, 0.25) is 0 Å². The van der Waals surface area contributed by atoms with E-state index >= 15 is 0 Å². The molecule has 1 aliphatic rings. The molecule has 4 heteroatoms. The monoisotopic (exact) mass is 214 g/mol. The van der Waals surface area contributed by atoms with Crippen LogP contribution in [-0.2, 0) is 4.74 Å². The maximum absolute atomic E-state index is 11.4. The second-order valence-electron chi connectivity index (χ2n) is 5.45. The molecular weight excluding hydrogens is 192 g/mol. The summed E-state index contributed by atoms with van der Waals surface area (Å²) in [6, 6.07) is 0. The predicted octanol–water partition coefficient (Wildman–Crippen LogP) is 1.65. The molecule has 88 valence electrons. The van der Waals surface area contributed by atoms with E-state index in [9.17, 15) is 4.79 Å². The van der Waals surface area contributed by atoms with E-state index in [4.69, 9.17) is 4.74 Å². The highest BCUT2D eigenvalue weighted by atomic mass is 16.6. The summed E-state index contributed by atoms with van der Waals surface area (Å²) in [4.78, 5) is 11.4. The summed E-state index contributed by atoms with van der Waals surface area (Å²) in [5, 5.41) is 6.18. The van der Waals surface area contributed by atoms with Crippen LogP contribution >= 0.6 is 0 Å². The number of alkyl carbamates (subject to hydrolysis) is 1. The molecule has 2 N–H and O–H groups in total. The lowest BCUT2D eigenvalue weighted by Gasteiger charge is -2.26. The largest absolute Gasteiger partial charge is 0.444 e. The lowest BCUT2D eigenvalue weighted by Crippen LogP contribution is -2.48. The highest BCUT2D eigenvalue weighted by Gasteiger charge is 2.28. The minimum atomic E-state index is -0.423. The Labute approximate surface area is 91.8 Å². The number of carbonyl (C=O) groups excluding carboxylic acids is 1. The molecule has 1 amide bonds. The Hall–Kier alpha value is -0.770. The fraction of sp³-hybridized carbons (Fsp3) is 0.909. The molecule has 1 saturated heterocycles. The normalized spacial score (nSPS) is 26.4. The SMILES string of the molecule is CC(C)(C)OC(=O)NC[C@]1(C)CCCN1. The zero-order chi connectivity index (χ0) is 11.5. The Morgan fingerprint density at radius 2 is 2.20 bits per heavy atom. The van der Waals surface area contributed by atoms with Crippen LogP contribution < -0.4 is 10.6 Å². The summed E-state index contributed by atoms with van der Waals surface area (Å²) in [6.07, 6.45) is 1.94. The minimum absolute atomic E-state index is 0.0386. The van der Waals surface area contributed by atoms with Crippen LogP contribution in [0.3, 0.4) is 0 Å². The van der Waals surface area contributed by atoms with Crippen molar-refractivity contribution in [2.45, 2.75) is 51.7 Å². The maximum atomic E-state index is 11.4. The van der Waals surface area contributed by atoms with Gasteiger partial charge in [-0.3, -0.25) is 0 Å². The Balaban J connectivity index is 2.28. The van der Waals surface area contributed by atoms with E-state index in [0.717, 1.165) is 13.0 Å². The van der Waals surface area contributed by atoms with Gasteiger partial charge in [0.05, 0.1) is 0 Å². The van der Waals surface area contributed by atoms with Gasteiger partial charge in [0.15, 0.2) is 0 Å². The smallest absolute Gasteiger partial charge is 0.407 e. The molecule has 0 radical (unpaired) electrons. The van der Waals surface area contributed by atoms with E-state index < -0.39 is 5.60 Å². The van der Waals surface area contributed by atoms with Crippen molar-refractivity contribution in [3.05, 3.63) is 0 Å². The van der Waals surface area contributed by atoms with Gasteiger partial charge in [-0.2, -0.15) is 0 Å². The molecule has 1 fully saturated rings. The van der Waals surface area contributed by atoms with E-state index in [-0.39, 0.29) is 11.6 Å². The third-order valence-electron chi connectivity index (χ3n) is 2.48. The van der Waals surface area contributed by atoms with Crippen LogP contribution in [0.5, 0.6) is 0 Å². The summed E-state index contributed by atoms with van der Waals surface area (Å²) in [5.41, 5.74) is -0.384. The van der Waals surface area contributed by atoms with Gasteiger partial charge in [0.25, 0.3) is 0 Å². The van der Waals surface area contributed by atoms with Crippen LogP contribution in [0.25, 0.3) is 0 Å². The van der Waals surface area contributed by atoms with Crippen molar-refractivity contribution in [2.24, 2.45) is 0 Å². The predicted molar refractivity (Wildman–Crippen MR) is 59.9 cm³/mol. The van der Waals surface area contributed by atoms with Crippen LogP contribution in [0, 0.1) is 0 Å². The van der Waals surface area contributed by atoms with Crippen molar-refractivity contribution in [3.63, 3.8) is 0 Å². The maximum Gasteiger partial charge on any atom is 0.407 e. The van der Waals surface area contributed by atoms with E-state index in [1.54, 1.807) is 0 Å². The number of hydrogen-bond donors (Lipinski definition) is 2. The molecule has 0 saturated carbocycles. The molecule has 0 spiro atoms. The number of nitrogens with one attached hydrogen (secondary N) is 2. The van der Waals surface area contributed by atoms with E-state index in [1.165, 1.54) is 6.42 Å². The zero-order valence-corrected chi connectivity index (χ0v) is 10.1. The van der Waals surface area contributed by atoms with Gasteiger partial charge in [-0.05, 0) is 47.1 Å². The molecule has 4 nitrogen and oxygen atoms in total. The lowest BCUT2D eigenvalue weighted by molar-refractivity contribution is 0.0514. The Morgan fingerprint density at radius 3 is 2.67 bits per heavy atom. The highest BCUT2D eigenvalue weighted by molar-refractivity contribution is 5.67. The number of hydrogen-bond acceptors (Lipinski definition) is 3. The van der Waals surface area contributed by atoms with Gasteiger partial charge < -0.3 is 15.4 Å². The van der Waals surface area contributed by atoms with Crippen LogP contribution in [0.15, 0.2) is 0 Å². The van der Waals surface area contributed by atoms with Crippen molar-refractivity contribution >= 4 is 6.09 Å². The van der Waals surface area contributed by atoms with Gasteiger partial charge in [-0.25, -0.2) is 4.79 Å². The number of ether oxygens (including phenoxy) is 1. The Kier molecular flexibility index (Phi) is 3.60. The first kappa shape index (κ1) is 12.3. The zero-order valence-electron chi connectivity index (χ0n) is 10.1. The Morgan fingerprint density at radius 1 is 1.53 bits per heavy atom. The van der Waals surface area contributed by atoms with Gasteiger partial charge in [-0.15, -0.1) is 0 Å². The molecule has 0 unspecified atom stereocenters. The molecule has 0 aromatic carbocycles. The second-order valence-corrected chi connectivity index (χ2v) is 5.45. The third-order valence-corrected chi connectivity index (χ3v) is 2.48. The van der Waals surface area contributed by atoms with Gasteiger partial charge in [0, 0.05) is 12.1 Å². The third kappa shape index (κ3) is 4.51. The molecule has 0 aromatic heterocycles. The lowest BCUT2D eigenvalue weighted by atomic mass is 10.0. The summed E-state index contributed by atoms with van der Waals surface area (Å²) in [7, 11) is 0.